The van der Waals surface area contributed by atoms with Crippen LogP contribution in [0.5, 0.6) is 5.75 Å². The third kappa shape index (κ3) is 6.84. The van der Waals surface area contributed by atoms with Crippen molar-refractivity contribution in [1.82, 2.24) is 14.9 Å². The molecule has 1 N–H and O–H groups in total. The highest BCUT2D eigenvalue weighted by Gasteiger charge is 2.11. The monoisotopic (exact) mass is 435 g/mol. The van der Waals surface area contributed by atoms with E-state index in [4.69, 9.17) is 9.72 Å². The van der Waals surface area contributed by atoms with Crippen molar-refractivity contribution in [3.05, 3.63) is 59.4 Å². The molecule has 5 nitrogen and oxygen atoms in total. The maximum atomic E-state index is 12.3. The van der Waals surface area contributed by atoms with Crippen LogP contribution < -0.4 is 10.1 Å². The number of para-hydroxylation sites is 2. The van der Waals surface area contributed by atoms with Crippen LogP contribution in [0.25, 0.3) is 11.0 Å². The van der Waals surface area contributed by atoms with Gasteiger partial charge < -0.3 is 14.6 Å². The van der Waals surface area contributed by atoms with Gasteiger partial charge in [-0.2, -0.15) is 0 Å². The third-order valence-electron chi connectivity index (χ3n) is 5.84. The Balaban J connectivity index is 1.51. The molecule has 172 valence electrons. The fourth-order valence-electron chi connectivity index (χ4n) is 3.99. The van der Waals surface area contributed by atoms with Crippen molar-refractivity contribution in [2.45, 2.75) is 72.3 Å². The maximum Gasteiger partial charge on any atom is 0.257 e. The number of carbonyl (C=O) groups is 1. The van der Waals surface area contributed by atoms with E-state index in [1.165, 1.54) is 37.6 Å². The molecule has 0 aliphatic rings. The van der Waals surface area contributed by atoms with Crippen molar-refractivity contribution in [2.24, 2.45) is 0 Å². The van der Waals surface area contributed by atoms with E-state index < -0.39 is 0 Å². The van der Waals surface area contributed by atoms with E-state index in [9.17, 15) is 4.79 Å². The zero-order valence-corrected chi connectivity index (χ0v) is 19.8. The minimum atomic E-state index is -0.107. The molecule has 0 aliphatic carbocycles. The van der Waals surface area contributed by atoms with Crippen LogP contribution in [0.4, 0.5) is 0 Å². The van der Waals surface area contributed by atoms with Gasteiger partial charge in [0.1, 0.15) is 11.6 Å². The Morgan fingerprint density at radius 3 is 2.66 bits per heavy atom. The maximum absolute atomic E-state index is 12.3. The number of amides is 1. The standard InChI is InChI=1S/C27H37N3O2/c1-4-5-6-7-8-11-18-30-24-13-10-9-12-23(24)29-26(30)16-17-28-27(31)20-32-25-19-21(2)14-15-22(25)3/h9-10,12-15,19H,4-8,11,16-18,20H2,1-3H3,(H,28,31). The summed E-state index contributed by atoms with van der Waals surface area (Å²) in [4.78, 5) is 17.1. The molecule has 5 heteroatoms. The van der Waals surface area contributed by atoms with Gasteiger partial charge in [-0.1, -0.05) is 63.3 Å². The molecule has 0 spiro atoms. The first-order chi connectivity index (χ1) is 15.6. The number of aromatic nitrogens is 2. The van der Waals surface area contributed by atoms with Crippen LogP contribution in [0, 0.1) is 13.8 Å². The van der Waals surface area contributed by atoms with E-state index in [1.54, 1.807) is 0 Å². The number of aryl methyl sites for hydroxylation is 3. The molecule has 0 radical (unpaired) electrons. The summed E-state index contributed by atoms with van der Waals surface area (Å²) in [6.45, 7) is 7.81. The second-order valence-corrected chi connectivity index (χ2v) is 8.59. The van der Waals surface area contributed by atoms with E-state index in [1.807, 2.05) is 38.1 Å². The Hall–Kier alpha value is -2.82. The minimum Gasteiger partial charge on any atom is -0.483 e. The Morgan fingerprint density at radius 2 is 1.81 bits per heavy atom. The lowest BCUT2D eigenvalue weighted by molar-refractivity contribution is -0.123. The molecule has 1 heterocycles. The number of benzene rings is 2. The van der Waals surface area contributed by atoms with Crippen LogP contribution >= 0.6 is 0 Å². The molecule has 1 aromatic heterocycles. The number of hydrogen-bond acceptors (Lipinski definition) is 3. The van der Waals surface area contributed by atoms with Gasteiger partial charge in [0.15, 0.2) is 6.61 Å². The topological polar surface area (TPSA) is 56.2 Å². The number of fused-ring (bicyclic) bond motifs is 1. The van der Waals surface area contributed by atoms with Gasteiger partial charge >= 0.3 is 0 Å². The van der Waals surface area contributed by atoms with Crippen LogP contribution in [0.1, 0.15) is 62.4 Å². The third-order valence-corrected chi connectivity index (χ3v) is 5.84. The summed E-state index contributed by atoms with van der Waals surface area (Å²) in [5, 5.41) is 2.98. The molecule has 0 fully saturated rings. The Labute approximate surface area is 192 Å². The number of carbonyl (C=O) groups excluding carboxylic acids is 1. The molecule has 3 aromatic rings. The molecule has 0 atom stereocenters. The molecular weight excluding hydrogens is 398 g/mol. The number of unbranched alkanes of at least 4 members (excludes halogenated alkanes) is 5. The average Bonchev–Trinajstić information content (AvgIpc) is 3.14. The highest BCUT2D eigenvalue weighted by Crippen LogP contribution is 2.19. The first kappa shape index (κ1) is 23.8. The highest BCUT2D eigenvalue weighted by molar-refractivity contribution is 5.78. The van der Waals surface area contributed by atoms with Crippen molar-refractivity contribution >= 4 is 16.9 Å². The van der Waals surface area contributed by atoms with Crippen LogP contribution in [0.15, 0.2) is 42.5 Å². The zero-order chi connectivity index (χ0) is 22.8. The smallest absolute Gasteiger partial charge is 0.257 e. The van der Waals surface area contributed by atoms with Gasteiger partial charge in [-0.25, -0.2) is 4.98 Å². The SMILES string of the molecule is CCCCCCCCn1c(CCNC(=O)COc2cc(C)ccc2C)nc2ccccc21. The summed E-state index contributed by atoms with van der Waals surface area (Å²) in [7, 11) is 0. The van der Waals surface area contributed by atoms with E-state index >= 15 is 0 Å². The van der Waals surface area contributed by atoms with Gasteiger partial charge in [-0.3, -0.25) is 4.79 Å². The van der Waals surface area contributed by atoms with Crippen molar-refractivity contribution in [3.8, 4) is 5.75 Å². The number of nitrogens with zero attached hydrogens (tertiary/aromatic N) is 2. The van der Waals surface area contributed by atoms with E-state index in [0.29, 0.717) is 13.0 Å². The van der Waals surface area contributed by atoms with Crippen LogP contribution in [-0.4, -0.2) is 28.6 Å². The van der Waals surface area contributed by atoms with Crippen molar-refractivity contribution in [1.29, 1.82) is 0 Å². The van der Waals surface area contributed by atoms with Crippen LogP contribution in [-0.2, 0) is 17.8 Å². The van der Waals surface area contributed by atoms with Gasteiger partial charge in [0, 0.05) is 19.5 Å². The van der Waals surface area contributed by atoms with E-state index in [0.717, 1.165) is 41.2 Å². The number of imidazole rings is 1. The van der Waals surface area contributed by atoms with Crippen molar-refractivity contribution in [2.75, 3.05) is 13.2 Å². The van der Waals surface area contributed by atoms with E-state index in [-0.39, 0.29) is 12.5 Å². The second kappa shape index (κ2) is 12.3. The predicted molar refractivity (Wildman–Crippen MR) is 131 cm³/mol. The van der Waals surface area contributed by atoms with Gasteiger partial charge in [-0.15, -0.1) is 0 Å². The Kier molecular flexibility index (Phi) is 9.14. The zero-order valence-electron chi connectivity index (χ0n) is 19.8. The summed E-state index contributed by atoms with van der Waals surface area (Å²) < 4.78 is 8.04. The average molecular weight is 436 g/mol. The predicted octanol–water partition coefficient (Wildman–Crippen LogP) is 5.75. The lowest BCUT2D eigenvalue weighted by Gasteiger charge is -2.11. The Bertz CT molecular complexity index is 1010. The molecule has 0 aliphatic heterocycles. The molecule has 0 bridgehead atoms. The van der Waals surface area contributed by atoms with Gasteiger partial charge in [-0.05, 0) is 49.6 Å². The van der Waals surface area contributed by atoms with Crippen molar-refractivity contribution < 1.29 is 9.53 Å². The fourth-order valence-corrected chi connectivity index (χ4v) is 3.99. The van der Waals surface area contributed by atoms with Gasteiger partial charge in [0.05, 0.1) is 11.0 Å². The normalized spacial score (nSPS) is 11.1. The largest absolute Gasteiger partial charge is 0.483 e. The summed E-state index contributed by atoms with van der Waals surface area (Å²) in [6, 6.07) is 14.3. The first-order valence-corrected chi connectivity index (χ1v) is 12.0. The molecule has 2 aromatic carbocycles. The number of hydrogen-bond donors (Lipinski definition) is 1. The van der Waals surface area contributed by atoms with Gasteiger partial charge in [0.25, 0.3) is 5.91 Å². The minimum absolute atomic E-state index is 0.0263. The number of nitrogens with one attached hydrogen (secondary N) is 1. The lowest BCUT2D eigenvalue weighted by atomic mass is 10.1. The second-order valence-electron chi connectivity index (χ2n) is 8.59. The summed E-state index contributed by atoms with van der Waals surface area (Å²) in [5.41, 5.74) is 4.36. The quantitative estimate of drug-likeness (QED) is 0.348. The molecular formula is C27H37N3O2. The lowest BCUT2D eigenvalue weighted by Crippen LogP contribution is -2.31. The Morgan fingerprint density at radius 1 is 1.03 bits per heavy atom. The summed E-state index contributed by atoms with van der Waals surface area (Å²) in [6.07, 6.45) is 8.34. The molecule has 0 saturated heterocycles. The van der Waals surface area contributed by atoms with Crippen molar-refractivity contribution in [3.63, 3.8) is 0 Å². The first-order valence-electron chi connectivity index (χ1n) is 12.0. The van der Waals surface area contributed by atoms with E-state index in [2.05, 4.69) is 35.0 Å². The molecule has 32 heavy (non-hydrogen) atoms. The molecule has 1 amide bonds. The number of rotatable bonds is 13. The van der Waals surface area contributed by atoms with Gasteiger partial charge in [0.2, 0.25) is 0 Å². The summed E-state index contributed by atoms with van der Waals surface area (Å²) >= 11 is 0. The highest BCUT2D eigenvalue weighted by atomic mass is 16.5. The molecule has 0 unspecified atom stereocenters. The van der Waals surface area contributed by atoms with Crippen LogP contribution in [0.3, 0.4) is 0 Å². The molecule has 0 saturated carbocycles. The fraction of sp³-hybridized carbons (Fsp3) is 0.481. The summed E-state index contributed by atoms with van der Waals surface area (Å²) in [5.74, 6) is 1.70. The van der Waals surface area contributed by atoms with Crippen LogP contribution in [0.2, 0.25) is 0 Å². The number of ether oxygens (including phenoxy) is 1. The molecule has 3 rings (SSSR count).